The highest BCUT2D eigenvalue weighted by molar-refractivity contribution is 5.92. The van der Waals surface area contributed by atoms with Crippen LogP contribution < -0.4 is 10.6 Å². The third kappa shape index (κ3) is 1.76. The van der Waals surface area contributed by atoms with Crippen LogP contribution >= 0.6 is 0 Å². The molecule has 1 aromatic carbocycles. The van der Waals surface area contributed by atoms with Gasteiger partial charge in [-0.05, 0) is 19.8 Å². The standard InChI is InChI=1S/C13H13F3N4/c1-6-18-11-7(13(17)19-6)8(14)9(15)12(10(11)16)20-4-2-3-5-20/h2-5H2,1H3,(H2,17,18,19). The van der Waals surface area contributed by atoms with Crippen LogP contribution in [0.4, 0.5) is 24.7 Å². The van der Waals surface area contributed by atoms with Crippen molar-refractivity contribution in [3.63, 3.8) is 0 Å². The summed E-state index contributed by atoms with van der Waals surface area (Å²) in [6.07, 6.45) is 1.65. The highest BCUT2D eigenvalue weighted by Gasteiger charge is 2.28. The second-order valence-corrected chi connectivity index (χ2v) is 4.86. The number of hydrogen-bond acceptors (Lipinski definition) is 4. The summed E-state index contributed by atoms with van der Waals surface area (Å²) in [4.78, 5) is 9.12. The van der Waals surface area contributed by atoms with E-state index in [9.17, 15) is 13.2 Å². The van der Waals surface area contributed by atoms with Gasteiger partial charge in [0.05, 0.1) is 5.39 Å². The summed E-state index contributed by atoms with van der Waals surface area (Å²) in [5.74, 6) is -3.34. The lowest BCUT2D eigenvalue weighted by Gasteiger charge is -2.20. The molecule has 1 aliphatic heterocycles. The zero-order chi connectivity index (χ0) is 14.4. The Morgan fingerprint density at radius 1 is 1.00 bits per heavy atom. The van der Waals surface area contributed by atoms with Crippen LogP contribution in [0.3, 0.4) is 0 Å². The van der Waals surface area contributed by atoms with Crippen LogP contribution in [0.2, 0.25) is 0 Å². The monoisotopic (exact) mass is 282 g/mol. The summed E-state index contributed by atoms with van der Waals surface area (Å²) in [7, 11) is 0. The third-order valence-corrected chi connectivity index (χ3v) is 3.51. The van der Waals surface area contributed by atoms with Crippen molar-refractivity contribution >= 4 is 22.4 Å². The maximum atomic E-state index is 14.5. The van der Waals surface area contributed by atoms with Gasteiger partial charge in [-0.2, -0.15) is 0 Å². The lowest BCUT2D eigenvalue weighted by Crippen LogP contribution is -2.22. The number of aryl methyl sites for hydroxylation is 1. The number of halogens is 3. The number of rotatable bonds is 1. The average molecular weight is 282 g/mol. The van der Waals surface area contributed by atoms with E-state index in [4.69, 9.17) is 5.73 Å². The minimum absolute atomic E-state index is 0.215. The van der Waals surface area contributed by atoms with Crippen molar-refractivity contribution in [3.8, 4) is 0 Å². The molecule has 0 aliphatic carbocycles. The molecule has 0 amide bonds. The minimum atomic E-state index is -1.23. The van der Waals surface area contributed by atoms with Crippen LogP contribution in [0.5, 0.6) is 0 Å². The fraction of sp³-hybridized carbons (Fsp3) is 0.385. The molecule has 1 fully saturated rings. The number of anilines is 2. The summed E-state index contributed by atoms with van der Waals surface area (Å²) >= 11 is 0. The Bertz CT molecular complexity index is 696. The Morgan fingerprint density at radius 3 is 2.30 bits per heavy atom. The van der Waals surface area contributed by atoms with E-state index in [1.54, 1.807) is 0 Å². The molecule has 1 aromatic heterocycles. The van der Waals surface area contributed by atoms with E-state index in [2.05, 4.69) is 9.97 Å². The van der Waals surface area contributed by atoms with Gasteiger partial charge in [0.1, 0.15) is 22.8 Å². The summed E-state index contributed by atoms with van der Waals surface area (Å²) in [6.45, 7) is 2.52. The first-order chi connectivity index (χ1) is 9.50. The van der Waals surface area contributed by atoms with Crippen molar-refractivity contribution < 1.29 is 13.2 Å². The van der Waals surface area contributed by atoms with Gasteiger partial charge in [-0.1, -0.05) is 0 Å². The molecule has 20 heavy (non-hydrogen) atoms. The smallest absolute Gasteiger partial charge is 0.186 e. The number of nitrogen functional groups attached to an aromatic ring is 1. The molecule has 3 rings (SSSR count). The van der Waals surface area contributed by atoms with Gasteiger partial charge in [-0.15, -0.1) is 0 Å². The van der Waals surface area contributed by atoms with Crippen molar-refractivity contribution in [1.29, 1.82) is 0 Å². The lowest BCUT2D eigenvalue weighted by atomic mass is 10.1. The first-order valence-corrected chi connectivity index (χ1v) is 6.36. The molecule has 7 heteroatoms. The van der Waals surface area contributed by atoms with Gasteiger partial charge in [0, 0.05) is 13.1 Å². The highest BCUT2D eigenvalue weighted by atomic mass is 19.2. The van der Waals surface area contributed by atoms with Crippen LogP contribution in [0.25, 0.3) is 10.9 Å². The number of benzene rings is 1. The lowest BCUT2D eigenvalue weighted by molar-refractivity contribution is 0.503. The van der Waals surface area contributed by atoms with E-state index < -0.39 is 22.8 Å². The van der Waals surface area contributed by atoms with E-state index in [1.165, 1.54) is 11.8 Å². The predicted molar refractivity (Wildman–Crippen MR) is 70.0 cm³/mol. The average Bonchev–Trinajstić information content (AvgIpc) is 2.89. The van der Waals surface area contributed by atoms with Gasteiger partial charge >= 0.3 is 0 Å². The van der Waals surface area contributed by atoms with Crippen LogP contribution in [0.1, 0.15) is 18.7 Å². The fourth-order valence-electron chi connectivity index (χ4n) is 2.61. The van der Waals surface area contributed by atoms with Crippen LogP contribution in [-0.2, 0) is 0 Å². The molecular formula is C13H13F3N4. The number of hydrogen-bond donors (Lipinski definition) is 1. The Morgan fingerprint density at radius 2 is 1.65 bits per heavy atom. The zero-order valence-corrected chi connectivity index (χ0v) is 10.9. The topological polar surface area (TPSA) is 55.0 Å². The largest absolute Gasteiger partial charge is 0.383 e. The second-order valence-electron chi connectivity index (χ2n) is 4.86. The normalized spacial score (nSPS) is 15.3. The maximum absolute atomic E-state index is 14.5. The Labute approximate surface area is 113 Å². The molecule has 1 saturated heterocycles. The summed E-state index contributed by atoms with van der Waals surface area (Å²) in [5.41, 5.74) is 4.94. The van der Waals surface area contributed by atoms with Crippen molar-refractivity contribution in [2.45, 2.75) is 19.8 Å². The Kier molecular flexibility index (Phi) is 2.92. The zero-order valence-electron chi connectivity index (χ0n) is 10.9. The predicted octanol–water partition coefficient (Wildman–Crippen LogP) is 2.54. The van der Waals surface area contributed by atoms with Crippen molar-refractivity contribution in [3.05, 3.63) is 23.3 Å². The van der Waals surface area contributed by atoms with Gasteiger partial charge in [-0.25, -0.2) is 23.1 Å². The molecule has 0 bridgehead atoms. The summed E-state index contributed by atoms with van der Waals surface area (Å²) in [5, 5.41) is -0.395. The Hall–Kier alpha value is -2.05. The van der Waals surface area contributed by atoms with E-state index >= 15 is 0 Å². The molecule has 0 spiro atoms. The van der Waals surface area contributed by atoms with Crippen LogP contribution in [0.15, 0.2) is 0 Å². The molecule has 0 radical (unpaired) electrons. The highest BCUT2D eigenvalue weighted by Crippen LogP contribution is 2.35. The molecule has 0 unspecified atom stereocenters. The molecule has 2 N–H and O–H groups in total. The van der Waals surface area contributed by atoms with E-state index in [0.717, 1.165) is 12.8 Å². The third-order valence-electron chi connectivity index (χ3n) is 3.51. The number of aromatic nitrogens is 2. The second kappa shape index (κ2) is 4.50. The summed E-state index contributed by atoms with van der Waals surface area (Å²) < 4.78 is 42.8. The van der Waals surface area contributed by atoms with Gasteiger partial charge in [-0.3, -0.25) is 0 Å². The molecule has 106 valence electrons. The number of nitrogens with zero attached hydrogens (tertiary/aromatic N) is 3. The fourth-order valence-corrected chi connectivity index (χ4v) is 2.61. The van der Waals surface area contributed by atoms with Crippen LogP contribution in [-0.4, -0.2) is 23.1 Å². The van der Waals surface area contributed by atoms with E-state index in [-0.39, 0.29) is 22.8 Å². The Balaban J connectivity index is 2.37. The molecule has 0 atom stereocenters. The van der Waals surface area contributed by atoms with E-state index in [1.807, 2.05) is 0 Å². The molecule has 0 saturated carbocycles. The SMILES string of the molecule is Cc1nc(N)c2c(F)c(F)c(N3CCCC3)c(F)c2n1. The molecule has 2 heterocycles. The van der Waals surface area contributed by atoms with Gasteiger partial charge < -0.3 is 10.6 Å². The molecule has 2 aromatic rings. The molecular weight excluding hydrogens is 269 g/mol. The quantitative estimate of drug-likeness (QED) is 0.817. The van der Waals surface area contributed by atoms with Gasteiger partial charge in [0.15, 0.2) is 17.5 Å². The maximum Gasteiger partial charge on any atom is 0.186 e. The minimum Gasteiger partial charge on any atom is -0.383 e. The number of fused-ring (bicyclic) bond motifs is 1. The molecule has 1 aliphatic rings. The van der Waals surface area contributed by atoms with E-state index in [0.29, 0.717) is 13.1 Å². The van der Waals surface area contributed by atoms with Gasteiger partial charge in [0.2, 0.25) is 0 Å². The summed E-state index contributed by atoms with van der Waals surface area (Å²) in [6, 6.07) is 0. The first kappa shape index (κ1) is 13.0. The number of nitrogens with two attached hydrogens (primary N) is 1. The van der Waals surface area contributed by atoms with Crippen molar-refractivity contribution in [2.75, 3.05) is 23.7 Å². The van der Waals surface area contributed by atoms with Crippen LogP contribution in [0, 0.1) is 24.4 Å². The molecule has 4 nitrogen and oxygen atoms in total. The van der Waals surface area contributed by atoms with Crippen molar-refractivity contribution in [1.82, 2.24) is 9.97 Å². The first-order valence-electron chi connectivity index (χ1n) is 6.36. The van der Waals surface area contributed by atoms with Gasteiger partial charge in [0.25, 0.3) is 0 Å². The van der Waals surface area contributed by atoms with Crippen molar-refractivity contribution in [2.24, 2.45) is 0 Å².